The SMILES string of the molecule is CCCNc1cc(NCCOC(N)=O)ccn1. The van der Waals surface area contributed by atoms with E-state index in [4.69, 9.17) is 5.73 Å². The predicted molar refractivity (Wildman–Crippen MR) is 67.0 cm³/mol. The number of hydrogen-bond acceptors (Lipinski definition) is 5. The molecule has 1 amide bonds. The molecule has 0 atom stereocenters. The van der Waals surface area contributed by atoms with Gasteiger partial charge in [0.15, 0.2) is 0 Å². The highest BCUT2D eigenvalue weighted by atomic mass is 16.5. The largest absolute Gasteiger partial charge is 0.448 e. The molecule has 1 heterocycles. The Labute approximate surface area is 101 Å². The fraction of sp³-hybridized carbons (Fsp3) is 0.455. The molecule has 0 aliphatic heterocycles. The lowest BCUT2D eigenvalue weighted by Crippen LogP contribution is -2.18. The summed E-state index contributed by atoms with van der Waals surface area (Å²) in [6.07, 6.45) is 2.01. The van der Waals surface area contributed by atoms with Crippen molar-refractivity contribution in [3.63, 3.8) is 0 Å². The molecule has 1 aromatic heterocycles. The van der Waals surface area contributed by atoms with Crippen molar-refractivity contribution >= 4 is 17.6 Å². The molecule has 0 spiro atoms. The van der Waals surface area contributed by atoms with Crippen LogP contribution in [0.1, 0.15) is 13.3 Å². The second-order valence-electron chi connectivity index (χ2n) is 3.45. The van der Waals surface area contributed by atoms with Crippen LogP contribution < -0.4 is 16.4 Å². The monoisotopic (exact) mass is 238 g/mol. The van der Waals surface area contributed by atoms with E-state index in [1.165, 1.54) is 0 Å². The third kappa shape index (κ3) is 5.60. The zero-order valence-corrected chi connectivity index (χ0v) is 9.90. The summed E-state index contributed by atoms with van der Waals surface area (Å²) in [5, 5.41) is 6.29. The zero-order chi connectivity index (χ0) is 12.5. The molecule has 0 bridgehead atoms. The summed E-state index contributed by atoms with van der Waals surface area (Å²) in [7, 11) is 0. The number of nitrogens with one attached hydrogen (secondary N) is 2. The van der Waals surface area contributed by atoms with Crippen LogP contribution in [0.4, 0.5) is 16.3 Å². The molecule has 17 heavy (non-hydrogen) atoms. The summed E-state index contributed by atoms with van der Waals surface area (Å²) < 4.78 is 4.60. The van der Waals surface area contributed by atoms with Crippen LogP contribution in [-0.2, 0) is 4.74 Å². The first kappa shape index (κ1) is 13.1. The summed E-state index contributed by atoms with van der Waals surface area (Å²) in [4.78, 5) is 14.5. The van der Waals surface area contributed by atoms with Gasteiger partial charge in [0.25, 0.3) is 0 Å². The maximum Gasteiger partial charge on any atom is 0.404 e. The number of nitrogens with zero attached hydrogens (tertiary/aromatic N) is 1. The number of primary amides is 1. The van der Waals surface area contributed by atoms with Gasteiger partial charge in [-0.2, -0.15) is 0 Å². The van der Waals surface area contributed by atoms with Gasteiger partial charge in [0.1, 0.15) is 12.4 Å². The van der Waals surface area contributed by atoms with E-state index in [2.05, 4.69) is 27.3 Å². The summed E-state index contributed by atoms with van der Waals surface area (Å²) in [6.45, 7) is 3.74. The molecular formula is C11H18N4O2. The van der Waals surface area contributed by atoms with Crippen LogP contribution in [-0.4, -0.2) is 30.8 Å². The van der Waals surface area contributed by atoms with Gasteiger partial charge >= 0.3 is 6.09 Å². The molecule has 4 N–H and O–H groups in total. The lowest BCUT2D eigenvalue weighted by atomic mass is 10.3. The number of aromatic nitrogens is 1. The van der Waals surface area contributed by atoms with Crippen molar-refractivity contribution in [2.24, 2.45) is 5.73 Å². The van der Waals surface area contributed by atoms with E-state index >= 15 is 0 Å². The summed E-state index contributed by atoms with van der Waals surface area (Å²) in [6, 6.07) is 3.75. The molecule has 6 nitrogen and oxygen atoms in total. The van der Waals surface area contributed by atoms with Crippen LogP contribution in [0.25, 0.3) is 0 Å². The highest BCUT2D eigenvalue weighted by molar-refractivity contribution is 5.64. The molecule has 0 aromatic carbocycles. The van der Waals surface area contributed by atoms with Crippen LogP contribution >= 0.6 is 0 Å². The Morgan fingerprint density at radius 3 is 3.00 bits per heavy atom. The van der Waals surface area contributed by atoms with Gasteiger partial charge in [-0.1, -0.05) is 6.92 Å². The molecule has 94 valence electrons. The predicted octanol–water partition coefficient (Wildman–Crippen LogP) is 1.41. The average molecular weight is 238 g/mol. The fourth-order valence-corrected chi connectivity index (χ4v) is 1.24. The second-order valence-corrected chi connectivity index (χ2v) is 3.45. The maximum absolute atomic E-state index is 10.3. The van der Waals surface area contributed by atoms with Crippen LogP contribution in [0.3, 0.4) is 0 Å². The maximum atomic E-state index is 10.3. The summed E-state index contributed by atoms with van der Waals surface area (Å²) in [5.74, 6) is 0.827. The van der Waals surface area contributed by atoms with Gasteiger partial charge in [0, 0.05) is 31.0 Å². The van der Waals surface area contributed by atoms with Gasteiger partial charge in [-0.25, -0.2) is 9.78 Å². The van der Waals surface area contributed by atoms with Crippen molar-refractivity contribution in [1.29, 1.82) is 0 Å². The van der Waals surface area contributed by atoms with E-state index in [0.717, 1.165) is 24.5 Å². The van der Waals surface area contributed by atoms with E-state index in [1.54, 1.807) is 6.20 Å². The second kappa shape index (κ2) is 7.32. The normalized spacial score (nSPS) is 9.71. The Kier molecular flexibility index (Phi) is 5.63. The minimum absolute atomic E-state index is 0.245. The van der Waals surface area contributed by atoms with Crippen LogP contribution in [0.5, 0.6) is 0 Å². The average Bonchev–Trinajstić information content (AvgIpc) is 2.32. The van der Waals surface area contributed by atoms with Crippen molar-refractivity contribution in [3.8, 4) is 0 Å². The number of carbonyl (C=O) groups is 1. The van der Waals surface area contributed by atoms with E-state index in [-0.39, 0.29) is 6.61 Å². The molecule has 1 rings (SSSR count). The number of rotatable bonds is 7. The number of anilines is 2. The van der Waals surface area contributed by atoms with Crippen LogP contribution in [0.15, 0.2) is 18.3 Å². The molecule has 1 aromatic rings. The summed E-state index contributed by atoms with van der Waals surface area (Å²) >= 11 is 0. The van der Waals surface area contributed by atoms with Crippen molar-refractivity contribution in [2.75, 3.05) is 30.3 Å². The van der Waals surface area contributed by atoms with Crippen molar-refractivity contribution < 1.29 is 9.53 Å². The smallest absolute Gasteiger partial charge is 0.404 e. The molecule has 0 saturated heterocycles. The molecule has 0 saturated carbocycles. The molecule has 0 unspecified atom stereocenters. The molecule has 6 heteroatoms. The number of amides is 1. The lowest BCUT2D eigenvalue weighted by molar-refractivity contribution is 0.161. The Hall–Kier alpha value is -1.98. The minimum Gasteiger partial charge on any atom is -0.448 e. The van der Waals surface area contributed by atoms with Gasteiger partial charge < -0.3 is 21.1 Å². The van der Waals surface area contributed by atoms with Gasteiger partial charge in [-0.3, -0.25) is 0 Å². The third-order valence-electron chi connectivity index (χ3n) is 1.99. The van der Waals surface area contributed by atoms with Crippen molar-refractivity contribution in [2.45, 2.75) is 13.3 Å². The Balaban J connectivity index is 2.34. The molecule has 0 radical (unpaired) electrons. The number of hydrogen-bond donors (Lipinski definition) is 3. The Morgan fingerprint density at radius 2 is 2.29 bits per heavy atom. The first-order chi connectivity index (χ1) is 8.22. The fourth-order valence-electron chi connectivity index (χ4n) is 1.24. The van der Waals surface area contributed by atoms with Gasteiger partial charge in [-0.05, 0) is 12.5 Å². The Bertz CT molecular complexity index is 357. The lowest BCUT2D eigenvalue weighted by Gasteiger charge is -2.08. The first-order valence-electron chi connectivity index (χ1n) is 5.58. The molecular weight excluding hydrogens is 220 g/mol. The van der Waals surface area contributed by atoms with Crippen LogP contribution in [0.2, 0.25) is 0 Å². The third-order valence-corrected chi connectivity index (χ3v) is 1.99. The molecule has 0 aliphatic rings. The zero-order valence-electron chi connectivity index (χ0n) is 9.90. The van der Waals surface area contributed by atoms with Crippen molar-refractivity contribution in [3.05, 3.63) is 18.3 Å². The van der Waals surface area contributed by atoms with Gasteiger partial charge in [0.2, 0.25) is 0 Å². The number of nitrogens with two attached hydrogens (primary N) is 1. The van der Waals surface area contributed by atoms with Crippen molar-refractivity contribution in [1.82, 2.24) is 4.98 Å². The number of carbonyl (C=O) groups excluding carboxylic acids is 1. The van der Waals surface area contributed by atoms with E-state index in [9.17, 15) is 4.79 Å². The number of ether oxygens (including phenoxy) is 1. The Morgan fingerprint density at radius 1 is 1.47 bits per heavy atom. The van der Waals surface area contributed by atoms with Gasteiger partial charge in [0.05, 0.1) is 0 Å². The molecule has 0 fully saturated rings. The standard InChI is InChI=1S/C11H18N4O2/c1-2-4-14-10-8-9(3-5-15-10)13-6-7-17-11(12)16/h3,5,8H,2,4,6-7H2,1H3,(H2,12,16)(H2,13,14,15). The quantitative estimate of drug-likeness (QED) is 0.625. The van der Waals surface area contributed by atoms with Crippen LogP contribution in [0, 0.1) is 0 Å². The van der Waals surface area contributed by atoms with Gasteiger partial charge in [-0.15, -0.1) is 0 Å². The number of pyridine rings is 1. The highest BCUT2D eigenvalue weighted by Gasteiger charge is 1.97. The van der Waals surface area contributed by atoms with E-state index in [0.29, 0.717) is 6.54 Å². The molecule has 0 aliphatic carbocycles. The van der Waals surface area contributed by atoms with E-state index in [1.807, 2.05) is 12.1 Å². The first-order valence-corrected chi connectivity index (χ1v) is 5.58. The topological polar surface area (TPSA) is 89.3 Å². The summed E-state index contributed by atoms with van der Waals surface area (Å²) in [5.41, 5.74) is 5.76. The minimum atomic E-state index is -0.758. The highest BCUT2D eigenvalue weighted by Crippen LogP contribution is 2.11. The van der Waals surface area contributed by atoms with E-state index < -0.39 is 6.09 Å².